The van der Waals surface area contributed by atoms with Gasteiger partial charge in [-0.2, -0.15) is 0 Å². The number of pyridine rings is 1. The molecule has 1 amide bonds. The molecule has 0 radical (unpaired) electrons. The van der Waals surface area contributed by atoms with E-state index in [1.807, 2.05) is 55.5 Å². The molecule has 0 atom stereocenters. The summed E-state index contributed by atoms with van der Waals surface area (Å²) < 4.78 is 28.1. The van der Waals surface area contributed by atoms with Crippen molar-refractivity contribution in [2.75, 3.05) is 25.1 Å². The number of hydrogen-bond donors (Lipinski definition) is 2. The molecule has 0 spiro atoms. The summed E-state index contributed by atoms with van der Waals surface area (Å²) in [4.78, 5) is 28.4. The quantitative estimate of drug-likeness (QED) is 0.296. The number of nitrogens with two attached hydrogens (primary N) is 2. The van der Waals surface area contributed by atoms with Gasteiger partial charge in [0.1, 0.15) is 5.56 Å². The van der Waals surface area contributed by atoms with Crippen LogP contribution >= 0.6 is 0 Å². The summed E-state index contributed by atoms with van der Waals surface area (Å²) in [5.74, 6) is 6.14. The lowest BCUT2D eigenvalue weighted by molar-refractivity contribution is 0.100. The molecular formula is C32H33N7O4S. The molecule has 226 valence electrons. The first-order valence-electron chi connectivity index (χ1n) is 14.2. The first-order chi connectivity index (χ1) is 21.1. The van der Waals surface area contributed by atoms with Gasteiger partial charge in [-0.1, -0.05) is 49.1 Å². The molecule has 3 aromatic heterocycles. The van der Waals surface area contributed by atoms with E-state index >= 15 is 0 Å². The summed E-state index contributed by atoms with van der Waals surface area (Å²) in [7, 11) is -3.15. The largest absolute Gasteiger partial charge is 0.381 e. The van der Waals surface area contributed by atoms with Gasteiger partial charge in [0.25, 0.3) is 11.5 Å². The van der Waals surface area contributed by atoms with Crippen LogP contribution < -0.4 is 17.0 Å². The van der Waals surface area contributed by atoms with E-state index in [4.69, 9.17) is 11.5 Å². The molecule has 0 bridgehead atoms. The molecule has 2 aromatic carbocycles. The minimum Gasteiger partial charge on any atom is -0.381 e. The molecule has 1 saturated heterocycles. The van der Waals surface area contributed by atoms with E-state index in [9.17, 15) is 18.0 Å². The van der Waals surface area contributed by atoms with Crippen molar-refractivity contribution in [2.24, 2.45) is 11.7 Å². The third-order valence-electron chi connectivity index (χ3n) is 7.50. The zero-order valence-electron chi connectivity index (χ0n) is 24.5. The van der Waals surface area contributed by atoms with Crippen LogP contribution in [0.1, 0.15) is 41.4 Å². The second-order valence-corrected chi connectivity index (χ2v) is 12.4. The molecule has 1 aliphatic rings. The predicted octanol–water partition coefficient (Wildman–Crippen LogP) is 2.99. The van der Waals surface area contributed by atoms with Crippen LogP contribution in [0, 0.1) is 17.8 Å². The van der Waals surface area contributed by atoms with Gasteiger partial charge in [0.15, 0.2) is 11.5 Å². The summed E-state index contributed by atoms with van der Waals surface area (Å²) in [6, 6.07) is 19.2. The molecule has 12 heteroatoms. The van der Waals surface area contributed by atoms with Crippen LogP contribution in [0.4, 0.5) is 5.82 Å². The summed E-state index contributed by atoms with van der Waals surface area (Å²) in [5.41, 5.74) is 13.6. The van der Waals surface area contributed by atoms with Crippen LogP contribution in [0.5, 0.6) is 0 Å². The fourth-order valence-electron chi connectivity index (χ4n) is 5.29. The molecule has 1 aliphatic heterocycles. The third-order valence-corrected chi connectivity index (χ3v) is 8.81. The Balaban J connectivity index is 0.000000245. The number of hydrogen-bond acceptors (Lipinski definition) is 7. The number of para-hydroxylation sites is 1. The Labute approximate surface area is 255 Å². The normalized spacial score (nSPS) is 14.0. The number of anilines is 1. The number of carbonyl (C=O) groups is 1. The molecule has 0 saturated carbocycles. The number of amides is 1. The zero-order valence-corrected chi connectivity index (χ0v) is 25.3. The summed E-state index contributed by atoms with van der Waals surface area (Å²) in [6.45, 7) is 3.04. The average molecular weight is 612 g/mol. The predicted molar refractivity (Wildman–Crippen MR) is 171 cm³/mol. The van der Waals surface area contributed by atoms with E-state index in [2.05, 4.69) is 28.0 Å². The summed E-state index contributed by atoms with van der Waals surface area (Å²) in [6.07, 6.45) is 6.60. The van der Waals surface area contributed by atoms with Crippen LogP contribution in [-0.2, 0) is 16.4 Å². The number of sulfonamides is 1. The Morgan fingerprint density at radius 1 is 1.07 bits per heavy atom. The van der Waals surface area contributed by atoms with Crippen molar-refractivity contribution in [2.45, 2.75) is 26.2 Å². The van der Waals surface area contributed by atoms with Crippen molar-refractivity contribution in [1.29, 1.82) is 0 Å². The lowest BCUT2D eigenvalue weighted by Gasteiger charge is -2.27. The Hall–Kier alpha value is -4.99. The Bertz CT molecular complexity index is 2070. The van der Waals surface area contributed by atoms with Gasteiger partial charge in [-0.05, 0) is 55.0 Å². The van der Waals surface area contributed by atoms with Crippen molar-refractivity contribution in [3.8, 4) is 17.5 Å². The molecule has 6 rings (SSSR count). The molecule has 11 nitrogen and oxygen atoms in total. The summed E-state index contributed by atoms with van der Waals surface area (Å²) in [5, 5.41) is 5.39. The fourth-order valence-corrected chi connectivity index (χ4v) is 6.17. The lowest BCUT2D eigenvalue weighted by Crippen LogP contribution is -2.37. The molecule has 0 aliphatic carbocycles. The first-order valence-corrected chi connectivity index (χ1v) is 16.0. The highest BCUT2D eigenvalue weighted by molar-refractivity contribution is 7.88. The van der Waals surface area contributed by atoms with Gasteiger partial charge in [-0.3, -0.25) is 14.2 Å². The minimum absolute atomic E-state index is 0.0580. The SMILES string of the molecule is CCc1cc2cccc(C#CC3CCN(S(C)(=O)=O)CC3)c2c(=O)n1-c1ccccc1.NC(=O)c1c(N)nn2cccnc12. The second kappa shape index (κ2) is 12.7. The average Bonchev–Trinajstić information content (AvgIpc) is 3.36. The monoisotopic (exact) mass is 611 g/mol. The van der Waals surface area contributed by atoms with E-state index in [0.29, 0.717) is 37.0 Å². The van der Waals surface area contributed by atoms with Crippen molar-refractivity contribution in [3.05, 3.63) is 100 Å². The maximum Gasteiger partial charge on any atom is 0.264 e. The molecule has 0 unspecified atom stereocenters. The van der Waals surface area contributed by atoms with E-state index in [1.165, 1.54) is 15.1 Å². The van der Waals surface area contributed by atoms with Crippen LogP contribution in [0.15, 0.2) is 77.9 Å². The molecule has 4 heterocycles. The van der Waals surface area contributed by atoms with Gasteiger partial charge >= 0.3 is 0 Å². The topological polar surface area (TPSA) is 159 Å². The maximum absolute atomic E-state index is 13.6. The highest BCUT2D eigenvalue weighted by Crippen LogP contribution is 2.22. The van der Waals surface area contributed by atoms with Crippen molar-refractivity contribution < 1.29 is 13.2 Å². The van der Waals surface area contributed by atoms with Gasteiger partial charge in [0, 0.05) is 48.3 Å². The second-order valence-electron chi connectivity index (χ2n) is 10.5. The Kier molecular flexibility index (Phi) is 8.80. The highest BCUT2D eigenvalue weighted by atomic mass is 32.2. The zero-order chi connectivity index (χ0) is 31.4. The number of nitrogens with zero attached hydrogens (tertiary/aromatic N) is 5. The fraction of sp³-hybridized carbons (Fsp3) is 0.250. The van der Waals surface area contributed by atoms with Gasteiger partial charge in [-0.25, -0.2) is 22.2 Å². The lowest BCUT2D eigenvalue weighted by atomic mass is 9.97. The number of rotatable bonds is 4. The van der Waals surface area contributed by atoms with Gasteiger partial charge < -0.3 is 11.5 Å². The molecule has 4 N–H and O–H groups in total. The van der Waals surface area contributed by atoms with Crippen LogP contribution in [0.3, 0.4) is 0 Å². The number of aromatic nitrogens is 4. The van der Waals surface area contributed by atoms with Crippen LogP contribution in [-0.4, -0.2) is 57.1 Å². The smallest absolute Gasteiger partial charge is 0.264 e. The van der Waals surface area contributed by atoms with Crippen molar-refractivity contribution >= 4 is 38.2 Å². The number of nitrogen functional groups attached to an aromatic ring is 1. The van der Waals surface area contributed by atoms with E-state index in [1.54, 1.807) is 23.0 Å². The van der Waals surface area contributed by atoms with Crippen LogP contribution in [0.25, 0.3) is 22.1 Å². The third kappa shape index (κ3) is 6.34. The van der Waals surface area contributed by atoms with E-state index in [0.717, 1.165) is 28.8 Å². The number of primary amides is 1. The van der Waals surface area contributed by atoms with Gasteiger partial charge in [0.2, 0.25) is 10.0 Å². The Morgan fingerprint density at radius 2 is 1.80 bits per heavy atom. The maximum atomic E-state index is 13.6. The van der Waals surface area contributed by atoms with E-state index in [-0.39, 0.29) is 22.9 Å². The number of fused-ring (bicyclic) bond motifs is 2. The number of benzene rings is 2. The minimum atomic E-state index is -3.15. The molecule has 44 heavy (non-hydrogen) atoms. The van der Waals surface area contributed by atoms with Crippen molar-refractivity contribution in [1.82, 2.24) is 23.5 Å². The number of piperidine rings is 1. The van der Waals surface area contributed by atoms with Gasteiger partial charge in [-0.15, -0.1) is 5.10 Å². The Morgan fingerprint density at radius 3 is 2.45 bits per heavy atom. The molecule has 1 fully saturated rings. The standard InChI is InChI=1S/C25H26N2O3S.C7H7N5O/c1-3-22-18-21-9-7-8-20(13-12-19-14-16-26(17-15-19)31(2,29)30)24(21)25(28)27(22)23-10-5-4-6-11-23;8-5-4(6(9)13)7-10-2-1-3-12(7)11-5/h4-11,18-19H,3,14-17H2,1-2H3;1-3H,(H2,8,11)(H2,9,13). The molecule has 5 aromatic rings. The summed E-state index contributed by atoms with van der Waals surface area (Å²) >= 11 is 0. The van der Waals surface area contributed by atoms with Crippen molar-refractivity contribution in [3.63, 3.8) is 0 Å². The number of aryl methyl sites for hydroxylation is 1. The number of carbonyl (C=O) groups excluding carboxylic acids is 1. The van der Waals surface area contributed by atoms with Crippen LogP contribution in [0.2, 0.25) is 0 Å². The molecular weight excluding hydrogens is 578 g/mol. The van der Waals surface area contributed by atoms with Gasteiger partial charge in [0.05, 0.1) is 11.6 Å². The first kappa shape index (κ1) is 30.5. The van der Waals surface area contributed by atoms with E-state index < -0.39 is 15.9 Å². The highest BCUT2D eigenvalue weighted by Gasteiger charge is 2.24.